The van der Waals surface area contributed by atoms with Gasteiger partial charge in [-0.2, -0.15) is 13.2 Å². The fourth-order valence-electron chi connectivity index (χ4n) is 9.51. The van der Waals surface area contributed by atoms with Crippen molar-refractivity contribution in [2.45, 2.75) is 104 Å². The lowest BCUT2D eigenvalue weighted by Crippen LogP contribution is -2.58. The van der Waals surface area contributed by atoms with Crippen molar-refractivity contribution in [3.8, 4) is 16.2 Å². The number of ether oxygens (including phenoxy) is 6. The molecule has 5 amide bonds. The van der Waals surface area contributed by atoms with E-state index in [-0.39, 0.29) is 88.6 Å². The van der Waals surface area contributed by atoms with Gasteiger partial charge in [0.1, 0.15) is 30.1 Å². The Morgan fingerprint density at radius 3 is 2.04 bits per heavy atom. The van der Waals surface area contributed by atoms with Crippen LogP contribution in [0.4, 0.5) is 13.2 Å². The van der Waals surface area contributed by atoms with E-state index in [0.717, 1.165) is 22.3 Å². The molecular formula is C60H79F3N6O12S. The molecule has 2 aliphatic rings. The number of β-amino-alcohol motifs (C(OH)–C–C–N with tert-alkyl or cyclic N) is 1. The monoisotopic (exact) mass is 1160 g/mol. The van der Waals surface area contributed by atoms with Crippen LogP contribution in [0.25, 0.3) is 16.5 Å². The summed E-state index contributed by atoms with van der Waals surface area (Å²) in [5.41, 5.74) is 4.79. The minimum absolute atomic E-state index is 0.000371. The SMILES string of the molecule is COc1cnc(C(=O)NCc2cccc(CC(=O)NCCOCCOCCOCCOCCOCC(=O)N[C@H](C(=O)N3C[C@H](O)C[C@H]3C(=O)NCc3ccc(-c4sccc4C)cc3)C(C)(C)C)c2)cc1/C=C/[C@H]1CC[C@H](C(F)(F)F)CC1. The first-order chi connectivity index (χ1) is 39.3. The lowest BCUT2D eigenvalue weighted by Gasteiger charge is -2.35. The van der Waals surface area contributed by atoms with Crippen molar-refractivity contribution >= 4 is 46.9 Å². The molecule has 1 saturated carbocycles. The van der Waals surface area contributed by atoms with Crippen LogP contribution >= 0.6 is 11.3 Å². The number of aliphatic hydroxyl groups is 1. The van der Waals surface area contributed by atoms with Crippen LogP contribution in [0.2, 0.25) is 0 Å². The third kappa shape index (κ3) is 21.2. The van der Waals surface area contributed by atoms with Crippen molar-refractivity contribution in [1.82, 2.24) is 31.2 Å². The van der Waals surface area contributed by atoms with Crippen LogP contribution < -0.4 is 26.0 Å². The number of pyridine rings is 1. The van der Waals surface area contributed by atoms with E-state index < -0.39 is 53.4 Å². The van der Waals surface area contributed by atoms with Crippen LogP contribution in [0.1, 0.15) is 91.2 Å². The number of allylic oxidation sites excluding steroid dienone is 1. The molecule has 6 rings (SSSR count). The molecule has 0 bridgehead atoms. The van der Waals surface area contributed by atoms with Gasteiger partial charge in [-0.05, 0) is 89.3 Å². The number of aromatic nitrogens is 1. The van der Waals surface area contributed by atoms with Gasteiger partial charge in [-0.15, -0.1) is 11.3 Å². The lowest BCUT2D eigenvalue weighted by molar-refractivity contribution is -0.183. The number of hydrogen-bond acceptors (Lipinski definition) is 14. The predicted molar refractivity (Wildman–Crippen MR) is 304 cm³/mol. The molecule has 448 valence electrons. The van der Waals surface area contributed by atoms with Crippen molar-refractivity contribution in [2.24, 2.45) is 17.3 Å². The van der Waals surface area contributed by atoms with E-state index in [2.05, 4.69) is 44.6 Å². The first-order valence-electron chi connectivity index (χ1n) is 27.8. The molecular weight excluding hydrogens is 1090 g/mol. The standard InChI is InChI=1S/C60H79F3N6O12S/c1-40-19-30-82-54(40)45-14-10-42(11-15-45)35-67-57(74)50-34-48(70)38-69(50)58(75)55(59(2,3)4)68-53(72)39-81-29-28-80-27-26-79-25-24-78-23-22-77-21-20-64-52(71)32-43-7-6-8-44(31-43)36-66-56(73)49-33-46(51(76-5)37-65-49)16-9-41-12-17-47(18-13-41)60(61,62)63/h6-11,14-16,19,30-31,33,37,41,47-48,50,55,70H,12-13,17-18,20-29,32,34-36,38-39H2,1-5H3,(H,64,71)(H,66,73)(H,67,74)(H,68,72)/b16-9+/t41-,47-,48-,50+,55-/m1/s1. The van der Waals surface area contributed by atoms with Crippen LogP contribution in [-0.2, 0) is 62.4 Å². The highest BCUT2D eigenvalue weighted by molar-refractivity contribution is 7.13. The summed E-state index contributed by atoms with van der Waals surface area (Å²) in [6, 6.07) is 17.0. The minimum atomic E-state index is -4.17. The van der Waals surface area contributed by atoms with Crippen molar-refractivity contribution in [3.63, 3.8) is 0 Å². The zero-order valence-corrected chi connectivity index (χ0v) is 48.3. The average Bonchev–Trinajstić information content (AvgIpc) is 4.22. The Kier molecular flexibility index (Phi) is 25.8. The normalized spacial score (nSPS) is 17.8. The summed E-state index contributed by atoms with van der Waals surface area (Å²) >= 11 is 1.67. The predicted octanol–water partition coefficient (Wildman–Crippen LogP) is 6.99. The maximum atomic E-state index is 13.9. The summed E-state index contributed by atoms with van der Waals surface area (Å²) in [5, 5.41) is 24.0. The highest BCUT2D eigenvalue weighted by Gasteiger charge is 2.45. The van der Waals surface area contributed by atoms with Gasteiger partial charge in [0, 0.05) is 43.0 Å². The molecule has 3 heterocycles. The summed E-state index contributed by atoms with van der Waals surface area (Å²) in [4.78, 5) is 72.8. The van der Waals surface area contributed by atoms with E-state index in [4.69, 9.17) is 28.4 Å². The number of carbonyl (C=O) groups is 5. The lowest BCUT2D eigenvalue weighted by atomic mass is 9.81. The van der Waals surface area contributed by atoms with Crippen LogP contribution in [0, 0.1) is 24.2 Å². The van der Waals surface area contributed by atoms with Gasteiger partial charge in [-0.25, -0.2) is 4.98 Å². The molecule has 4 aromatic rings. The number of alkyl halides is 3. The fraction of sp³-hybridized carbons (Fsp3) is 0.533. The number of thiophene rings is 1. The smallest absolute Gasteiger partial charge is 0.391 e. The van der Waals surface area contributed by atoms with Gasteiger partial charge < -0.3 is 59.7 Å². The maximum absolute atomic E-state index is 13.9. The number of benzene rings is 2. The number of carbonyl (C=O) groups excluding carboxylic acids is 5. The summed E-state index contributed by atoms with van der Waals surface area (Å²) in [6.07, 6.45) is 1.33. The molecule has 82 heavy (non-hydrogen) atoms. The van der Waals surface area contributed by atoms with E-state index in [1.54, 1.807) is 23.5 Å². The number of rotatable bonds is 31. The first kappa shape index (κ1) is 64.9. The number of nitrogens with zero attached hydrogens (tertiary/aromatic N) is 2. The number of amides is 5. The summed E-state index contributed by atoms with van der Waals surface area (Å²) in [6.45, 7) is 10.5. The second kappa shape index (κ2) is 32.5. The van der Waals surface area contributed by atoms with Gasteiger partial charge in [0.15, 0.2) is 0 Å². The molecule has 0 spiro atoms. The first-order valence-corrected chi connectivity index (χ1v) is 28.7. The number of hydrogen-bond donors (Lipinski definition) is 5. The number of nitrogens with one attached hydrogen (secondary N) is 4. The Morgan fingerprint density at radius 2 is 1.41 bits per heavy atom. The second-order valence-corrected chi connectivity index (χ2v) is 22.4. The van der Waals surface area contributed by atoms with Crippen molar-refractivity contribution in [1.29, 1.82) is 0 Å². The fourth-order valence-corrected chi connectivity index (χ4v) is 10.4. The number of methoxy groups -OCH3 is 1. The number of aryl methyl sites for hydroxylation is 1. The minimum Gasteiger partial charge on any atom is -0.495 e. The zero-order valence-electron chi connectivity index (χ0n) is 47.5. The maximum Gasteiger partial charge on any atom is 0.391 e. The second-order valence-electron chi connectivity index (χ2n) is 21.5. The number of likely N-dealkylation sites (tertiary alicyclic amines) is 1. The molecule has 3 atom stereocenters. The molecule has 1 aliphatic heterocycles. The molecule has 2 aromatic heterocycles. The molecule has 2 fully saturated rings. The molecule has 1 aliphatic carbocycles. The van der Waals surface area contributed by atoms with Gasteiger partial charge >= 0.3 is 6.18 Å². The van der Waals surface area contributed by atoms with Crippen molar-refractivity contribution in [3.05, 3.63) is 112 Å². The Hall–Kier alpha value is -6.27. The zero-order chi connectivity index (χ0) is 59.1. The van der Waals surface area contributed by atoms with E-state index >= 15 is 0 Å². The van der Waals surface area contributed by atoms with Crippen molar-refractivity contribution < 1.29 is 70.7 Å². The van der Waals surface area contributed by atoms with E-state index in [1.807, 2.05) is 75.4 Å². The largest absolute Gasteiger partial charge is 0.495 e. The average molecular weight is 1170 g/mol. The van der Waals surface area contributed by atoms with Crippen LogP contribution in [0.15, 0.2) is 78.3 Å². The van der Waals surface area contributed by atoms with Crippen molar-refractivity contribution in [2.75, 3.05) is 86.3 Å². The Labute approximate surface area is 482 Å². The van der Waals surface area contributed by atoms with E-state index in [1.165, 1.54) is 28.6 Å². The van der Waals surface area contributed by atoms with Crippen LogP contribution in [0.5, 0.6) is 5.75 Å². The van der Waals surface area contributed by atoms with Gasteiger partial charge in [-0.3, -0.25) is 24.0 Å². The van der Waals surface area contributed by atoms with E-state index in [0.29, 0.717) is 76.9 Å². The highest BCUT2D eigenvalue weighted by Crippen LogP contribution is 2.40. The number of halogens is 3. The summed E-state index contributed by atoms with van der Waals surface area (Å²) in [5.74, 6) is -2.76. The summed E-state index contributed by atoms with van der Waals surface area (Å²) in [7, 11) is 1.48. The Balaban J connectivity index is 0.753. The summed E-state index contributed by atoms with van der Waals surface area (Å²) < 4.78 is 72.4. The van der Waals surface area contributed by atoms with Gasteiger partial charge in [0.2, 0.25) is 23.6 Å². The van der Waals surface area contributed by atoms with Gasteiger partial charge in [-0.1, -0.05) is 81.5 Å². The third-order valence-electron chi connectivity index (χ3n) is 14.1. The number of aliphatic hydroxyl groups excluding tert-OH is 1. The van der Waals surface area contributed by atoms with Crippen LogP contribution in [0.3, 0.4) is 0 Å². The molecule has 0 radical (unpaired) electrons. The van der Waals surface area contributed by atoms with Gasteiger partial charge in [0.05, 0.1) is 91.2 Å². The molecule has 5 N–H and O–H groups in total. The molecule has 0 unspecified atom stereocenters. The molecule has 18 nitrogen and oxygen atoms in total. The highest BCUT2D eigenvalue weighted by atomic mass is 32.1. The Morgan fingerprint density at radius 1 is 0.780 bits per heavy atom. The van der Waals surface area contributed by atoms with Crippen LogP contribution in [-0.4, -0.2) is 155 Å². The third-order valence-corrected chi connectivity index (χ3v) is 15.1. The van der Waals surface area contributed by atoms with Gasteiger partial charge in [0.25, 0.3) is 5.91 Å². The molecule has 1 saturated heterocycles. The molecule has 22 heteroatoms. The van der Waals surface area contributed by atoms with E-state index in [9.17, 15) is 42.3 Å². The topological polar surface area (TPSA) is 225 Å². The Bertz CT molecular complexity index is 2710. The quantitative estimate of drug-likeness (QED) is 0.0321. The molecule has 2 aromatic carbocycles.